The van der Waals surface area contributed by atoms with Crippen LogP contribution < -0.4 is 5.32 Å². The number of nitrogens with zero attached hydrogens (tertiary/aromatic N) is 1. The molecule has 1 heterocycles. The number of hydrogen-bond donors (Lipinski definition) is 1. The number of pyridine rings is 1. The van der Waals surface area contributed by atoms with Crippen LogP contribution in [0.4, 0.5) is 5.69 Å². The van der Waals surface area contributed by atoms with Crippen LogP contribution in [0.3, 0.4) is 0 Å². The van der Waals surface area contributed by atoms with Gasteiger partial charge in [-0.3, -0.25) is 4.98 Å². The molecule has 0 amide bonds. The molecular weight excluding hydrogens is 212 g/mol. The minimum atomic E-state index is 0.675. The number of methoxy groups -OCH3 is 1. The minimum Gasteiger partial charge on any atom is -0.385 e. The molecule has 1 aromatic rings. The first-order valence-electron chi connectivity index (χ1n) is 5.17. The van der Waals surface area contributed by atoms with Gasteiger partial charge in [0.2, 0.25) is 0 Å². The smallest absolute Gasteiger partial charge is 0.0820 e. The standard InChI is InChI=1S/C11H17ClN2O/c1-15-8-4-2-3-6-14-11-5-7-13-9-10(11)12/h5,7,9H,2-4,6,8H2,1H3,(H,13,14). The van der Waals surface area contributed by atoms with Crippen molar-refractivity contribution >= 4 is 17.3 Å². The first-order valence-corrected chi connectivity index (χ1v) is 5.54. The van der Waals surface area contributed by atoms with E-state index < -0.39 is 0 Å². The third kappa shape index (κ3) is 5.00. The van der Waals surface area contributed by atoms with Crippen LogP contribution in [-0.4, -0.2) is 25.2 Å². The summed E-state index contributed by atoms with van der Waals surface area (Å²) < 4.78 is 4.98. The van der Waals surface area contributed by atoms with E-state index in [1.165, 1.54) is 6.42 Å². The highest BCUT2D eigenvalue weighted by atomic mass is 35.5. The van der Waals surface area contributed by atoms with Crippen molar-refractivity contribution in [1.29, 1.82) is 0 Å². The second-order valence-electron chi connectivity index (χ2n) is 3.34. The maximum Gasteiger partial charge on any atom is 0.0820 e. The molecule has 1 aromatic heterocycles. The Hall–Kier alpha value is -0.800. The Bertz CT molecular complexity index is 281. The molecular formula is C11H17ClN2O. The highest BCUT2D eigenvalue weighted by Crippen LogP contribution is 2.18. The van der Waals surface area contributed by atoms with Crippen LogP contribution in [0.5, 0.6) is 0 Å². The van der Waals surface area contributed by atoms with Crippen molar-refractivity contribution in [3.63, 3.8) is 0 Å². The molecule has 0 atom stereocenters. The van der Waals surface area contributed by atoms with Crippen LogP contribution in [0.15, 0.2) is 18.5 Å². The molecule has 0 aliphatic rings. The van der Waals surface area contributed by atoms with Crippen molar-refractivity contribution in [2.75, 3.05) is 25.6 Å². The van der Waals surface area contributed by atoms with Gasteiger partial charge >= 0.3 is 0 Å². The summed E-state index contributed by atoms with van der Waals surface area (Å²) in [6.45, 7) is 1.78. The van der Waals surface area contributed by atoms with Crippen LogP contribution in [0.25, 0.3) is 0 Å². The molecule has 0 aromatic carbocycles. The molecule has 0 saturated heterocycles. The molecule has 0 unspecified atom stereocenters. The van der Waals surface area contributed by atoms with Crippen molar-refractivity contribution in [2.24, 2.45) is 0 Å². The van der Waals surface area contributed by atoms with Gasteiger partial charge in [0, 0.05) is 32.7 Å². The maximum atomic E-state index is 5.94. The van der Waals surface area contributed by atoms with Gasteiger partial charge < -0.3 is 10.1 Å². The third-order valence-corrected chi connectivity index (χ3v) is 2.41. The van der Waals surface area contributed by atoms with Crippen molar-refractivity contribution in [2.45, 2.75) is 19.3 Å². The SMILES string of the molecule is COCCCCCNc1ccncc1Cl. The van der Waals surface area contributed by atoms with Gasteiger partial charge in [-0.2, -0.15) is 0 Å². The molecule has 84 valence electrons. The second-order valence-corrected chi connectivity index (χ2v) is 3.74. The van der Waals surface area contributed by atoms with Gasteiger partial charge in [-0.1, -0.05) is 11.6 Å². The molecule has 1 rings (SSSR count). The number of rotatable bonds is 7. The lowest BCUT2D eigenvalue weighted by molar-refractivity contribution is 0.192. The normalized spacial score (nSPS) is 10.3. The topological polar surface area (TPSA) is 34.1 Å². The number of unbranched alkanes of at least 4 members (excludes halogenated alkanes) is 2. The molecule has 0 spiro atoms. The van der Waals surface area contributed by atoms with Crippen molar-refractivity contribution in [3.05, 3.63) is 23.5 Å². The van der Waals surface area contributed by atoms with E-state index in [2.05, 4.69) is 10.3 Å². The zero-order chi connectivity index (χ0) is 10.9. The van der Waals surface area contributed by atoms with Gasteiger partial charge in [0.1, 0.15) is 0 Å². The van der Waals surface area contributed by atoms with Crippen LogP contribution in [0.1, 0.15) is 19.3 Å². The molecule has 4 heteroatoms. The summed E-state index contributed by atoms with van der Waals surface area (Å²) in [4.78, 5) is 3.93. The van der Waals surface area contributed by atoms with Gasteiger partial charge in [-0.25, -0.2) is 0 Å². The van der Waals surface area contributed by atoms with E-state index in [1.54, 1.807) is 19.5 Å². The highest BCUT2D eigenvalue weighted by molar-refractivity contribution is 6.33. The fraction of sp³-hybridized carbons (Fsp3) is 0.545. The van der Waals surface area contributed by atoms with E-state index in [4.69, 9.17) is 16.3 Å². The predicted molar refractivity (Wildman–Crippen MR) is 63.5 cm³/mol. The molecule has 0 saturated carbocycles. The first-order chi connectivity index (χ1) is 7.34. The fourth-order valence-corrected chi connectivity index (χ4v) is 1.48. The average molecular weight is 229 g/mol. The Balaban J connectivity index is 2.12. The monoisotopic (exact) mass is 228 g/mol. The molecule has 0 aliphatic heterocycles. The lowest BCUT2D eigenvalue weighted by Gasteiger charge is -2.07. The van der Waals surface area contributed by atoms with Crippen LogP contribution in [-0.2, 0) is 4.74 Å². The van der Waals surface area contributed by atoms with E-state index in [0.717, 1.165) is 31.7 Å². The summed E-state index contributed by atoms with van der Waals surface area (Å²) >= 11 is 5.94. The lowest BCUT2D eigenvalue weighted by Crippen LogP contribution is -2.02. The van der Waals surface area contributed by atoms with E-state index in [0.29, 0.717) is 5.02 Å². The fourth-order valence-electron chi connectivity index (χ4n) is 1.29. The minimum absolute atomic E-state index is 0.675. The van der Waals surface area contributed by atoms with Gasteiger partial charge in [-0.15, -0.1) is 0 Å². The van der Waals surface area contributed by atoms with E-state index >= 15 is 0 Å². The van der Waals surface area contributed by atoms with Gasteiger partial charge in [-0.05, 0) is 25.3 Å². The van der Waals surface area contributed by atoms with Crippen LogP contribution in [0.2, 0.25) is 5.02 Å². The molecule has 0 fully saturated rings. The Morgan fingerprint density at radius 3 is 3.00 bits per heavy atom. The molecule has 0 aliphatic carbocycles. The van der Waals surface area contributed by atoms with E-state index in [1.807, 2.05) is 6.07 Å². The predicted octanol–water partition coefficient (Wildman–Crippen LogP) is 2.96. The summed E-state index contributed by atoms with van der Waals surface area (Å²) in [6, 6.07) is 1.89. The van der Waals surface area contributed by atoms with Crippen LogP contribution in [0, 0.1) is 0 Å². The van der Waals surface area contributed by atoms with Crippen molar-refractivity contribution in [3.8, 4) is 0 Å². The zero-order valence-electron chi connectivity index (χ0n) is 9.00. The number of ether oxygens (including phenoxy) is 1. The summed E-state index contributed by atoms with van der Waals surface area (Å²) in [5, 5.41) is 3.95. The first kappa shape index (κ1) is 12.3. The largest absolute Gasteiger partial charge is 0.385 e. The van der Waals surface area contributed by atoms with Crippen molar-refractivity contribution in [1.82, 2.24) is 4.98 Å². The van der Waals surface area contributed by atoms with E-state index in [-0.39, 0.29) is 0 Å². The van der Waals surface area contributed by atoms with Gasteiger partial charge in [0.25, 0.3) is 0 Å². The maximum absolute atomic E-state index is 5.94. The molecule has 15 heavy (non-hydrogen) atoms. The number of nitrogens with one attached hydrogen (secondary N) is 1. The quantitative estimate of drug-likeness (QED) is 0.729. The molecule has 3 nitrogen and oxygen atoms in total. The Morgan fingerprint density at radius 2 is 2.27 bits per heavy atom. The summed E-state index contributed by atoms with van der Waals surface area (Å²) in [5.41, 5.74) is 0.957. The molecule has 0 bridgehead atoms. The number of halogens is 1. The average Bonchev–Trinajstić information content (AvgIpc) is 2.25. The zero-order valence-corrected chi connectivity index (χ0v) is 9.76. The number of anilines is 1. The second kappa shape index (κ2) is 7.49. The Labute approximate surface area is 95.8 Å². The highest BCUT2D eigenvalue weighted by Gasteiger charge is 1.97. The third-order valence-electron chi connectivity index (χ3n) is 2.11. The Morgan fingerprint density at radius 1 is 1.40 bits per heavy atom. The summed E-state index contributed by atoms with van der Waals surface area (Å²) in [5.74, 6) is 0. The molecule has 1 N–H and O–H groups in total. The summed E-state index contributed by atoms with van der Waals surface area (Å²) in [6.07, 6.45) is 6.79. The Kier molecular flexibility index (Phi) is 6.12. The van der Waals surface area contributed by atoms with Gasteiger partial charge in [0.15, 0.2) is 0 Å². The van der Waals surface area contributed by atoms with E-state index in [9.17, 15) is 0 Å². The van der Waals surface area contributed by atoms with Crippen molar-refractivity contribution < 1.29 is 4.74 Å². The lowest BCUT2D eigenvalue weighted by atomic mass is 10.2. The summed E-state index contributed by atoms with van der Waals surface area (Å²) in [7, 11) is 1.73. The van der Waals surface area contributed by atoms with Crippen LogP contribution >= 0.6 is 11.6 Å². The number of hydrogen-bond acceptors (Lipinski definition) is 3. The van der Waals surface area contributed by atoms with Gasteiger partial charge in [0.05, 0.1) is 10.7 Å². The molecule has 0 radical (unpaired) electrons. The number of aromatic nitrogens is 1.